The highest BCUT2D eigenvalue weighted by Gasteiger charge is 2.32. The van der Waals surface area contributed by atoms with Crippen LogP contribution < -0.4 is 4.90 Å². The number of aryl methyl sites for hydroxylation is 2. The molecular formula is C20H26N4O3S. The van der Waals surface area contributed by atoms with Gasteiger partial charge in [0.05, 0.1) is 10.2 Å². The number of carbonyl (C=O) groups is 3. The maximum Gasteiger partial charge on any atom is 0.248 e. The van der Waals surface area contributed by atoms with E-state index in [1.165, 1.54) is 16.9 Å². The van der Waals surface area contributed by atoms with E-state index in [0.717, 1.165) is 33.6 Å². The van der Waals surface area contributed by atoms with Crippen molar-refractivity contribution >= 4 is 44.4 Å². The summed E-state index contributed by atoms with van der Waals surface area (Å²) < 4.78 is 1.02. The van der Waals surface area contributed by atoms with Crippen LogP contribution in [0.5, 0.6) is 0 Å². The quantitative estimate of drug-likeness (QED) is 0.665. The number of benzene rings is 1. The van der Waals surface area contributed by atoms with Gasteiger partial charge in [0.25, 0.3) is 0 Å². The zero-order valence-corrected chi connectivity index (χ0v) is 17.6. The van der Waals surface area contributed by atoms with Crippen molar-refractivity contribution in [2.45, 2.75) is 33.1 Å². The molecular weight excluding hydrogens is 376 g/mol. The smallest absolute Gasteiger partial charge is 0.248 e. The van der Waals surface area contributed by atoms with E-state index in [4.69, 9.17) is 0 Å². The number of hydrogen-bond donors (Lipinski definition) is 0. The molecule has 1 saturated heterocycles. The summed E-state index contributed by atoms with van der Waals surface area (Å²) in [6, 6.07) is 4.11. The van der Waals surface area contributed by atoms with E-state index in [1.807, 2.05) is 27.1 Å². The SMILES string of the molecule is Cc1cc2nc(N(CCCN(C)C)C(=O)CN3C(=O)CCC3=O)sc2cc1C. The first kappa shape index (κ1) is 20.4. The van der Waals surface area contributed by atoms with E-state index in [2.05, 4.69) is 22.9 Å². The van der Waals surface area contributed by atoms with Crippen LogP contribution in [0.3, 0.4) is 0 Å². The van der Waals surface area contributed by atoms with Gasteiger partial charge >= 0.3 is 0 Å². The second kappa shape index (κ2) is 8.36. The molecule has 2 aromatic rings. The van der Waals surface area contributed by atoms with Crippen molar-refractivity contribution in [2.75, 3.05) is 38.6 Å². The molecule has 0 saturated carbocycles. The fourth-order valence-electron chi connectivity index (χ4n) is 3.18. The number of hydrogen-bond acceptors (Lipinski definition) is 6. The van der Waals surface area contributed by atoms with Crippen LogP contribution in [0.1, 0.15) is 30.4 Å². The lowest BCUT2D eigenvalue weighted by molar-refractivity contribution is -0.141. The number of carbonyl (C=O) groups excluding carboxylic acids is 3. The molecule has 1 aromatic carbocycles. The van der Waals surface area contributed by atoms with Gasteiger partial charge in [0.15, 0.2) is 5.13 Å². The Morgan fingerprint density at radius 2 is 1.75 bits per heavy atom. The summed E-state index contributed by atoms with van der Waals surface area (Å²) in [5.41, 5.74) is 3.20. The number of anilines is 1. The maximum absolute atomic E-state index is 13.0. The second-order valence-corrected chi connectivity index (χ2v) is 8.49. The van der Waals surface area contributed by atoms with Crippen molar-refractivity contribution < 1.29 is 14.4 Å². The fourth-order valence-corrected chi connectivity index (χ4v) is 4.26. The molecule has 7 nitrogen and oxygen atoms in total. The molecule has 8 heteroatoms. The summed E-state index contributed by atoms with van der Waals surface area (Å²) in [6.07, 6.45) is 1.15. The zero-order chi connectivity index (χ0) is 20.4. The lowest BCUT2D eigenvalue weighted by Gasteiger charge is -2.23. The predicted molar refractivity (Wildman–Crippen MR) is 111 cm³/mol. The van der Waals surface area contributed by atoms with Crippen molar-refractivity contribution in [2.24, 2.45) is 0 Å². The van der Waals surface area contributed by atoms with Crippen molar-refractivity contribution in [1.82, 2.24) is 14.8 Å². The zero-order valence-electron chi connectivity index (χ0n) is 16.8. The van der Waals surface area contributed by atoms with Gasteiger partial charge in [-0.3, -0.25) is 24.2 Å². The number of fused-ring (bicyclic) bond motifs is 1. The van der Waals surface area contributed by atoms with Gasteiger partial charge in [-0.15, -0.1) is 0 Å². The topological polar surface area (TPSA) is 73.8 Å². The Hall–Kier alpha value is -2.32. The molecule has 0 radical (unpaired) electrons. The Labute approximate surface area is 168 Å². The number of imide groups is 1. The maximum atomic E-state index is 13.0. The Morgan fingerprint density at radius 1 is 1.11 bits per heavy atom. The van der Waals surface area contributed by atoms with Crippen LogP contribution in [-0.4, -0.2) is 66.2 Å². The summed E-state index contributed by atoms with van der Waals surface area (Å²) in [5.74, 6) is -0.820. The first-order chi connectivity index (χ1) is 13.3. The average molecular weight is 403 g/mol. The largest absolute Gasteiger partial charge is 0.309 e. The third-order valence-corrected chi connectivity index (χ3v) is 6.00. The van der Waals surface area contributed by atoms with Gasteiger partial charge in [-0.25, -0.2) is 4.98 Å². The third kappa shape index (κ3) is 4.39. The normalized spacial score (nSPS) is 14.5. The molecule has 0 unspecified atom stereocenters. The summed E-state index contributed by atoms with van der Waals surface area (Å²) in [6.45, 7) is 5.20. The van der Waals surface area contributed by atoms with Gasteiger partial charge in [0.1, 0.15) is 6.54 Å². The Kier molecular flexibility index (Phi) is 6.10. The number of rotatable bonds is 7. The highest BCUT2D eigenvalue weighted by Crippen LogP contribution is 2.31. The summed E-state index contributed by atoms with van der Waals surface area (Å²) in [4.78, 5) is 46.3. The molecule has 0 spiro atoms. The van der Waals surface area contributed by atoms with E-state index < -0.39 is 0 Å². The van der Waals surface area contributed by atoms with Crippen molar-refractivity contribution in [1.29, 1.82) is 0 Å². The second-order valence-electron chi connectivity index (χ2n) is 7.48. The summed E-state index contributed by atoms with van der Waals surface area (Å²) >= 11 is 1.47. The standard InChI is InChI=1S/C20H26N4O3S/c1-13-10-15-16(11-14(13)2)28-20(21-15)23(9-5-8-22(3)4)19(27)12-24-17(25)6-7-18(24)26/h10-11H,5-9,12H2,1-4H3. The molecule has 0 bridgehead atoms. The molecule has 28 heavy (non-hydrogen) atoms. The van der Waals surface area contributed by atoms with Gasteiger partial charge in [0, 0.05) is 19.4 Å². The summed E-state index contributed by atoms with van der Waals surface area (Å²) in [5, 5.41) is 0.614. The van der Waals surface area contributed by atoms with E-state index in [1.54, 1.807) is 4.90 Å². The number of amides is 3. The van der Waals surface area contributed by atoms with Crippen molar-refractivity contribution in [3.8, 4) is 0 Å². The molecule has 3 rings (SSSR count). The molecule has 150 valence electrons. The number of thiazole rings is 1. The van der Waals surface area contributed by atoms with E-state index in [-0.39, 0.29) is 37.1 Å². The molecule has 1 aliphatic rings. The number of likely N-dealkylation sites (tertiary alicyclic amines) is 1. The highest BCUT2D eigenvalue weighted by molar-refractivity contribution is 7.22. The number of aromatic nitrogens is 1. The third-order valence-electron chi connectivity index (χ3n) is 4.96. The van der Waals surface area contributed by atoms with Crippen LogP contribution in [0.15, 0.2) is 12.1 Å². The van der Waals surface area contributed by atoms with Crippen molar-refractivity contribution in [3.05, 3.63) is 23.3 Å². The molecule has 1 fully saturated rings. The molecule has 0 atom stereocenters. The molecule has 1 aliphatic heterocycles. The molecule has 0 aliphatic carbocycles. The highest BCUT2D eigenvalue weighted by atomic mass is 32.1. The minimum atomic E-state index is -0.276. The Morgan fingerprint density at radius 3 is 2.39 bits per heavy atom. The predicted octanol–water partition coefficient (Wildman–Crippen LogP) is 2.35. The molecule has 0 N–H and O–H groups in total. The van der Waals surface area contributed by atoms with Crippen molar-refractivity contribution in [3.63, 3.8) is 0 Å². The van der Waals surface area contributed by atoms with Crippen LogP contribution in [0.2, 0.25) is 0 Å². The molecule has 1 aromatic heterocycles. The first-order valence-electron chi connectivity index (χ1n) is 9.42. The van der Waals surface area contributed by atoms with E-state index in [0.29, 0.717) is 11.7 Å². The van der Waals surface area contributed by atoms with Gasteiger partial charge < -0.3 is 4.90 Å². The Bertz CT molecular complexity index is 867. The fraction of sp³-hybridized carbons (Fsp3) is 0.500. The first-order valence-corrected chi connectivity index (χ1v) is 10.2. The summed E-state index contributed by atoms with van der Waals surface area (Å²) in [7, 11) is 3.97. The average Bonchev–Trinajstić information content (AvgIpc) is 3.16. The minimum Gasteiger partial charge on any atom is -0.309 e. The lowest BCUT2D eigenvalue weighted by atomic mass is 10.1. The van der Waals surface area contributed by atoms with Crippen LogP contribution in [0, 0.1) is 13.8 Å². The lowest BCUT2D eigenvalue weighted by Crippen LogP contribution is -2.43. The van der Waals surface area contributed by atoms with Crippen LogP contribution >= 0.6 is 11.3 Å². The van der Waals surface area contributed by atoms with Crippen LogP contribution in [0.4, 0.5) is 5.13 Å². The monoisotopic (exact) mass is 402 g/mol. The van der Waals surface area contributed by atoms with E-state index >= 15 is 0 Å². The molecule has 3 amide bonds. The van der Waals surface area contributed by atoms with E-state index in [9.17, 15) is 14.4 Å². The van der Waals surface area contributed by atoms with Gasteiger partial charge in [-0.1, -0.05) is 11.3 Å². The minimum absolute atomic E-state index is 0.187. The number of nitrogens with zero attached hydrogens (tertiary/aromatic N) is 4. The van der Waals surface area contributed by atoms with Gasteiger partial charge in [-0.05, 0) is 64.2 Å². The van der Waals surface area contributed by atoms with Gasteiger partial charge in [0.2, 0.25) is 17.7 Å². The van der Waals surface area contributed by atoms with Crippen LogP contribution in [-0.2, 0) is 14.4 Å². The molecule has 2 heterocycles. The van der Waals surface area contributed by atoms with Gasteiger partial charge in [-0.2, -0.15) is 0 Å². The Balaban J connectivity index is 1.86. The van der Waals surface area contributed by atoms with Crippen LogP contribution in [0.25, 0.3) is 10.2 Å².